The van der Waals surface area contributed by atoms with E-state index in [0.29, 0.717) is 11.4 Å². The van der Waals surface area contributed by atoms with Crippen molar-refractivity contribution in [2.75, 3.05) is 5.43 Å². The lowest BCUT2D eigenvalue weighted by atomic mass is 9.90. The summed E-state index contributed by atoms with van der Waals surface area (Å²) in [5.41, 5.74) is 2.57. The highest BCUT2D eigenvalue weighted by Crippen LogP contribution is 2.31. The predicted octanol–water partition coefficient (Wildman–Crippen LogP) is 3.24. The second-order valence-electron chi connectivity index (χ2n) is 5.33. The molecule has 102 valence electrons. The lowest BCUT2D eigenvalue weighted by Gasteiger charge is -2.20. The summed E-state index contributed by atoms with van der Waals surface area (Å²) >= 11 is 0. The predicted molar refractivity (Wildman–Crippen MR) is 68.1 cm³/mol. The fraction of sp³-hybridized carbons (Fsp3) is 0.308. The third kappa shape index (κ3) is 2.23. The number of nitrogen functional groups attached to an aromatic ring is 1. The van der Waals surface area contributed by atoms with E-state index in [1.807, 2.05) is 20.8 Å². The van der Waals surface area contributed by atoms with Gasteiger partial charge >= 0.3 is 0 Å². The van der Waals surface area contributed by atoms with Crippen molar-refractivity contribution in [2.24, 2.45) is 5.84 Å². The van der Waals surface area contributed by atoms with E-state index in [4.69, 9.17) is 5.84 Å². The second kappa shape index (κ2) is 4.38. The van der Waals surface area contributed by atoms with Gasteiger partial charge in [-0.15, -0.1) is 0 Å². The zero-order valence-electron chi connectivity index (χ0n) is 10.8. The summed E-state index contributed by atoms with van der Waals surface area (Å²) in [6, 6.07) is 2.47. The Balaban J connectivity index is 2.90. The number of aromatic nitrogens is 1. The van der Waals surface area contributed by atoms with E-state index >= 15 is 0 Å². The van der Waals surface area contributed by atoms with Gasteiger partial charge in [0.15, 0.2) is 17.5 Å². The lowest BCUT2D eigenvalue weighted by molar-refractivity contribution is 0.452. The standard InChI is InChI=1S/C13H14F3N3/c1-13(2,3)9-5-8(19-17)6-4-7(14)10(15)11(16)12(6)18-9/h4-5H,17H2,1-3H3,(H,18,19). The number of nitrogens with zero attached hydrogens (tertiary/aromatic N) is 1. The molecule has 0 radical (unpaired) electrons. The van der Waals surface area contributed by atoms with Crippen molar-refractivity contribution >= 4 is 16.6 Å². The molecule has 0 unspecified atom stereocenters. The summed E-state index contributed by atoms with van der Waals surface area (Å²) < 4.78 is 40.3. The van der Waals surface area contributed by atoms with E-state index in [1.54, 1.807) is 6.07 Å². The SMILES string of the molecule is CC(C)(C)c1cc(NN)c2cc(F)c(F)c(F)c2n1. The Morgan fingerprint density at radius 1 is 1.11 bits per heavy atom. The largest absolute Gasteiger partial charge is 0.323 e. The summed E-state index contributed by atoms with van der Waals surface area (Å²) in [5, 5.41) is 0.104. The minimum absolute atomic E-state index is 0.104. The number of pyridine rings is 1. The first kappa shape index (κ1) is 13.6. The fourth-order valence-electron chi connectivity index (χ4n) is 1.77. The molecular weight excluding hydrogens is 255 g/mol. The maximum atomic E-state index is 13.8. The number of nitrogens with one attached hydrogen (secondary N) is 1. The highest BCUT2D eigenvalue weighted by atomic mass is 19.2. The number of halogens is 3. The topological polar surface area (TPSA) is 50.9 Å². The first-order valence-electron chi connectivity index (χ1n) is 5.71. The summed E-state index contributed by atoms with van der Waals surface area (Å²) in [6.45, 7) is 5.62. The zero-order valence-corrected chi connectivity index (χ0v) is 10.8. The van der Waals surface area contributed by atoms with Crippen molar-refractivity contribution in [1.82, 2.24) is 4.98 Å². The van der Waals surface area contributed by atoms with Crippen molar-refractivity contribution in [2.45, 2.75) is 26.2 Å². The van der Waals surface area contributed by atoms with E-state index in [1.165, 1.54) is 0 Å². The molecule has 0 spiro atoms. The monoisotopic (exact) mass is 269 g/mol. The van der Waals surface area contributed by atoms with Crippen LogP contribution >= 0.6 is 0 Å². The Bertz CT molecular complexity index is 648. The molecule has 1 heterocycles. The van der Waals surface area contributed by atoms with Crippen LogP contribution in [0, 0.1) is 17.5 Å². The smallest absolute Gasteiger partial charge is 0.196 e. The van der Waals surface area contributed by atoms with Crippen LogP contribution in [0.5, 0.6) is 0 Å². The molecule has 0 aliphatic carbocycles. The highest BCUT2D eigenvalue weighted by molar-refractivity contribution is 5.92. The van der Waals surface area contributed by atoms with Gasteiger partial charge in [0.2, 0.25) is 0 Å². The number of hydrogen-bond acceptors (Lipinski definition) is 3. The van der Waals surface area contributed by atoms with E-state index in [2.05, 4.69) is 10.4 Å². The number of hydrazine groups is 1. The van der Waals surface area contributed by atoms with E-state index in [-0.39, 0.29) is 16.3 Å². The lowest BCUT2D eigenvalue weighted by Crippen LogP contribution is -2.16. The van der Waals surface area contributed by atoms with Gasteiger partial charge < -0.3 is 5.43 Å². The molecule has 0 aliphatic heterocycles. The maximum Gasteiger partial charge on any atom is 0.196 e. The molecule has 0 saturated carbocycles. The van der Waals surface area contributed by atoms with Gasteiger partial charge in [-0.2, -0.15) is 0 Å². The maximum absolute atomic E-state index is 13.8. The molecule has 0 atom stereocenters. The van der Waals surface area contributed by atoms with Crippen molar-refractivity contribution in [3.63, 3.8) is 0 Å². The highest BCUT2D eigenvalue weighted by Gasteiger charge is 2.22. The Morgan fingerprint density at radius 2 is 1.74 bits per heavy atom. The summed E-state index contributed by atoms with van der Waals surface area (Å²) in [7, 11) is 0. The fourth-order valence-corrected chi connectivity index (χ4v) is 1.77. The van der Waals surface area contributed by atoms with E-state index < -0.39 is 17.5 Å². The van der Waals surface area contributed by atoms with E-state index in [9.17, 15) is 13.2 Å². The molecule has 0 saturated heterocycles. The summed E-state index contributed by atoms with van der Waals surface area (Å²) in [5.74, 6) is 1.24. The van der Waals surface area contributed by atoms with Gasteiger partial charge in [-0.05, 0) is 12.1 Å². The van der Waals surface area contributed by atoms with Gasteiger partial charge in [-0.3, -0.25) is 5.84 Å². The van der Waals surface area contributed by atoms with Gasteiger partial charge in [-0.1, -0.05) is 20.8 Å². The molecule has 2 rings (SSSR count). The van der Waals surface area contributed by atoms with Crippen LogP contribution in [0.2, 0.25) is 0 Å². The molecule has 3 N–H and O–H groups in total. The van der Waals surface area contributed by atoms with Crippen LogP contribution in [0.4, 0.5) is 18.9 Å². The van der Waals surface area contributed by atoms with Crippen molar-refractivity contribution in [3.8, 4) is 0 Å². The number of fused-ring (bicyclic) bond motifs is 1. The molecule has 0 aliphatic rings. The Morgan fingerprint density at radius 3 is 2.26 bits per heavy atom. The molecule has 1 aromatic heterocycles. The number of hydrogen-bond donors (Lipinski definition) is 2. The van der Waals surface area contributed by atoms with Crippen LogP contribution in [0.1, 0.15) is 26.5 Å². The second-order valence-corrected chi connectivity index (χ2v) is 5.33. The number of anilines is 1. The Hall–Kier alpha value is -1.82. The van der Waals surface area contributed by atoms with Crippen LogP contribution in [0.15, 0.2) is 12.1 Å². The molecule has 0 fully saturated rings. The van der Waals surface area contributed by atoms with Gasteiger partial charge in [-0.25, -0.2) is 18.2 Å². The minimum atomic E-state index is -1.53. The quantitative estimate of drug-likeness (QED) is 0.474. The van der Waals surface area contributed by atoms with Crippen LogP contribution in [0.25, 0.3) is 10.9 Å². The van der Waals surface area contributed by atoms with Crippen LogP contribution in [-0.4, -0.2) is 4.98 Å². The van der Waals surface area contributed by atoms with E-state index in [0.717, 1.165) is 6.07 Å². The first-order valence-corrected chi connectivity index (χ1v) is 5.71. The molecule has 19 heavy (non-hydrogen) atoms. The van der Waals surface area contributed by atoms with Crippen LogP contribution < -0.4 is 11.3 Å². The average Bonchev–Trinajstić information content (AvgIpc) is 2.34. The third-order valence-corrected chi connectivity index (χ3v) is 2.86. The van der Waals surface area contributed by atoms with Crippen molar-refractivity contribution in [1.29, 1.82) is 0 Å². The van der Waals surface area contributed by atoms with Crippen molar-refractivity contribution < 1.29 is 13.2 Å². The summed E-state index contributed by atoms with van der Waals surface area (Å²) in [6.07, 6.45) is 0. The van der Waals surface area contributed by atoms with Crippen LogP contribution in [-0.2, 0) is 5.41 Å². The first-order chi connectivity index (χ1) is 8.75. The van der Waals surface area contributed by atoms with Gasteiger partial charge in [0.05, 0.1) is 5.69 Å². The molecule has 0 bridgehead atoms. The van der Waals surface area contributed by atoms with Gasteiger partial charge in [0, 0.05) is 16.5 Å². The minimum Gasteiger partial charge on any atom is -0.323 e. The molecule has 3 nitrogen and oxygen atoms in total. The third-order valence-electron chi connectivity index (χ3n) is 2.86. The Kier molecular flexibility index (Phi) is 3.14. The Labute approximate surface area is 108 Å². The molecular formula is C13H14F3N3. The average molecular weight is 269 g/mol. The van der Waals surface area contributed by atoms with Crippen molar-refractivity contribution in [3.05, 3.63) is 35.3 Å². The summed E-state index contributed by atoms with van der Waals surface area (Å²) in [4.78, 5) is 4.08. The van der Waals surface area contributed by atoms with Gasteiger partial charge in [0.1, 0.15) is 5.52 Å². The number of rotatable bonds is 1. The van der Waals surface area contributed by atoms with Gasteiger partial charge in [0.25, 0.3) is 0 Å². The molecule has 1 aromatic carbocycles. The molecule has 2 aromatic rings. The number of benzene rings is 1. The molecule has 6 heteroatoms. The molecule has 0 amide bonds. The normalized spacial score (nSPS) is 11.9. The zero-order chi connectivity index (χ0) is 14.4. The number of nitrogens with two attached hydrogens (primary N) is 1. The van der Waals surface area contributed by atoms with Crippen LogP contribution in [0.3, 0.4) is 0 Å².